The fourth-order valence-electron chi connectivity index (χ4n) is 1.71. The normalized spacial score (nSPS) is 11.5. The third-order valence-corrected chi connectivity index (χ3v) is 3.74. The van der Waals surface area contributed by atoms with Gasteiger partial charge in [-0.1, -0.05) is 25.8 Å². The molecule has 0 fully saturated rings. The van der Waals surface area contributed by atoms with Gasteiger partial charge in [-0.3, -0.25) is 0 Å². The smallest absolute Gasteiger partial charge is 0.238 e. The largest absolute Gasteiger partial charge is 0.385 e. The molecule has 0 aliphatic rings. The Kier molecular flexibility index (Phi) is 4.96. The zero-order chi connectivity index (χ0) is 12.9. The molecule has 1 aromatic rings. The predicted molar refractivity (Wildman–Crippen MR) is 70.6 cm³/mol. The minimum Gasteiger partial charge on any atom is -0.385 e. The maximum atomic E-state index is 11.3. The van der Waals surface area contributed by atoms with Crippen LogP contribution in [0.25, 0.3) is 0 Å². The van der Waals surface area contributed by atoms with Crippen LogP contribution in [0.4, 0.5) is 5.69 Å². The Morgan fingerprint density at radius 2 is 2.00 bits per heavy atom. The molecular weight excluding hydrogens is 236 g/mol. The van der Waals surface area contributed by atoms with Gasteiger partial charge in [-0.05, 0) is 31.0 Å². The molecule has 0 atom stereocenters. The van der Waals surface area contributed by atoms with Gasteiger partial charge in [0.15, 0.2) is 0 Å². The molecule has 0 aromatic heterocycles. The Morgan fingerprint density at radius 3 is 2.59 bits per heavy atom. The van der Waals surface area contributed by atoms with Gasteiger partial charge < -0.3 is 5.32 Å². The topological polar surface area (TPSA) is 72.2 Å². The summed E-state index contributed by atoms with van der Waals surface area (Å²) in [6.45, 7) is 4.76. The molecule has 0 saturated heterocycles. The Morgan fingerprint density at radius 1 is 1.29 bits per heavy atom. The van der Waals surface area contributed by atoms with Gasteiger partial charge in [-0.2, -0.15) is 0 Å². The van der Waals surface area contributed by atoms with Crippen LogP contribution < -0.4 is 10.5 Å². The Hall–Kier alpha value is -1.07. The molecule has 0 radical (unpaired) electrons. The van der Waals surface area contributed by atoms with Crippen LogP contribution >= 0.6 is 0 Å². The predicted octanol–water partition coefficient (Wildman–Crippen LogP) is 2.24. The highest BCUT2D eigenvalue weighted by Gasteiger charge is 2.13. The van der Waals surface area contributed by atoms with E-state index in [2.05, 4.69) is 12.2 Å². The van der Waals surface area contributed by atoms with Crippen molar-refractivity contribution in [3.05, 3.63) is 23.8 Å². The average molecular weight is 256 g/mol. The molecule has 1 aromatic carbocycles. The molecule has 0 saturated carbocycles. The summed E-state index contributed by atoms with van der Waals surface area (Å²) >= 11 is 0. The number of nitrogens with one attached hydrogen (secondary N) is 1. The van der Waals surface area contributed by atoms with Crippen molar-refractivity contribution in [2.45, 2.75) is 38.0 Å². The molecular formula is C12H20N2O2S. The van der Waals surface area contributed by atoms with Crippen molar-refractivity contribution in [2.75, 3.05) is 11.9 Å². The fraction of sp³-hybridized carbons (Fsp3) is 0.500. The van der Waals surface area contributed by atoms with Crippen molar-refractivity contribution in [3.63, 3.8) is 0 Å². The first-order valence-electron chi connectivity index (χ1n) is 5.83. The van der Waals surface area contributed by atoms with Gasteiger partial charge in [0.25, 0.3) is 0 Å². The molecule has 1 rings (SSSR count). The molecule has 96 valence electrons. The van der Waals surface area contributed by atoms with E-state index in [1.165, 1.54) is 12.5 Å². The summed E-state index contributed by atoms with van der Waals surface area (Å²) in [6.07, 6.45) is 3.41. The molecule has 0 spiro atoms. The first-order chi connectivity index (χ1) is 7.96. The second-order valence-electron chi connectivity index (χ2n) is 4.11. The third kappa shape index (κ3) is 4.02. The maximum Gasteiger partial charge on any atom is 0.238 e. The Balaban J connectivity index is 2.81. The standard InChI is InChI=1S/C12H20N2O2S/c1-3-4-5-9-14-11-7-6-8-12(10(11)2)17(13,15)16/h6-8,14H,3-5,9H2,1-2H3,(H2,13,15,16). The monoisotopic (exact) mass is 256 g/mol. The number of unbranched alkanes of at least 4 members (excludes halogenated alkanes) is 2. The molecule has 0 aliphatic heterocycles. The number of anilines is 1. The lowest BCUT2D eigenvalue weighted by Gasteiger charge is -2.11. The molecule has 0 unspecified atom stereocenters. The van der Waals surface area contributed by atoms with Crippen LogP contribution in [0.3, 0.4) is 0 Å². The van der Waals surface area contributed by atoms with E-state index in [-0.39, 0.29) is 4.90 Å². The van der Waals surface area contributed by atoms with E-state index in [9.17, 15) is 8.42 Å². The molecule has 17 heavy (non-hydrogen) atoms. The van der Waals surface area contributed by atoms with Gasteiger partial charge in [-0.25, -0.2) is 13.6 Å². The van der Waals surface area contributed by atoms with Crippen molar-refractivity contribution in [1.82, 2.24) is 0 Å². The van der Waals surface area contributed by atoms with Gasteiger partial charge >= 0.3 is 0 Å². The van der Waals surface area contributed by atoms with Crippen LogP contribution in [0.2, 0.25) is 0 Å². The van der Waals surface area contributed by atoms with Crippen LogP contribution in [0.15, 0.2) is 23.1 Å². The summed E-state index contributed by atoms with van der Waals surface area (Å²) < 4.78 is 22.7. The first kappa shape index (κ1) is 14.0. The summed E-state index contributed by atoms with van der Waals surface area (Å²) in [5.41, 5.74) is 1.53. The van der Waals surface area contributed by atoms with E-state index in [1.54, 1.807) is 13.0 Å². The van der Waals surface area contributed by atoms with Crippen LogP contribution in [-0.2, 0) is 10.0 Å². The minimum atomic E-state index is -3.63. The lowest BCUT2D eigenvalue weighted by Crippen LogP contribution is -2.14. The zero-order valence-electron chi connectivity index (χ0n) is 10.4. The van der Waals surface area contributed by atoms with E-state index in [4.69, 9.17) is 5.14 Å². The van der Waals surface area contributed by atoms with Gasteiger partial charge in [0.1, 0.15) is 0 Å². The van der Waals surface area contributed by atoms with Crippen molar-refractivity contribution >= 4 is 15.7 Å². The SMILES string of the molecule is CCCCCNc1cccc(S(N)(=O)=O)c1C. The second-order valence-corrected chi connectivity index (χ2v) is 5.64. The van der Waals surface area contributed by atoms with Crippen LogP contribution in [0.5, 0.6) is 0 Å². The number of hydrogen-bond donors (Lipinski definition) is 2. The van der Waals surface area contributed by atoms with Gasteiger partial charge in [0.05, 0.1) is 4.90 Å². The molecule has 0 amide bonds. The number of primary sulfonamides is 1. The van der Waals surface area contributed by atoms with Crippen molar-refractivity contribution in [3.8, 4) is 0 Å². The van der Waals surface area contributed by atoms with Gasteiger partial charge in [0.2, 0.25) is 10.0 Å². The van der Waals surface area contributed by atoms with Crippen molar-refractivity contribution < 1.29 is 8.42 Å². The highest BCUT2D eigenvalue weighted by molar-refractivity contribution is 7.89. The first-order valence-corrected chi connectivity index (χ1v) is 7.37. The van der Waals surface area contributed by atoms with Crippen LogP contribution in [0, 0.1) is 6.92 Å². The molecule has 0 aliphatic carbocycles. The van der Waals surface area contributed by atoms with Crippen molar-refractivity contribution in [2.24, 2.45) is 5.14 Å². The number of benzene rings is 1. The molecule has 0 bridgehead atoms. The summed E-state index contributed by atoms with van der Waals surface area (Å²) in [7, 11) is -3.63. The fourth-order valence-corrected chi connectivity index (χ4v) is 2.52. The summed E-state index contributed by atoms with van der Waals surface area (Å²) in [4.78, 5) is 0.193. The van der Waals surface area contributed by atoms with E-state index in [0.717, 1.165) is 25.1 Å². The van der Waals surface area contributed by atoms with E-state index < -0.39 is 10.0 Å². The van der Waals surface area contributed by atoms with E-state index >= 15 is 0 Å². The lowest BCUT2D eigenvalue weighted by atomic mass is 10.2. The van der Waals surface area contributed by atoms with E-state index in [1.807, 2.05) is 6.07 Å². The zero-order valence-corrected chi connectivity index (χ0v) is 11.2. The summed E-state index contributed by atoms with van der Waals surface area (Å²) in [6, 6.07) is 5.10. The summed E-state index contributed by atoms with van der Waals surface area (Å²) in [5.74, 6) is 0. The van der Waals surface area contributed by atoms with Crippen LogP contribution in [-0.4, -0.2) is 15.0 Å². The number of sulfonamides is 1. The summed E-state index contributed by atoms with van der Waals surface area (Å²) in [5, 5.41) is 8.39. The lowest BCUT2D eigenvalue weighted by molar-refractivity contribution is 0.597. The highest BCUT2D eigenvalue weighted by atomic mass is 32.2. The van der Waals surface area contributed by atoms with Gasteiger partial charge in [0, 0.05) is 12.2 Å². The molecule has 0 heterocycles. The minimum absolute atomic E-state index is 0.193. The average Bonchev–Trinajstić information content (AvgIpc) is 2.25. The Bertz CT molecular complexity index is 469. The number of rotatable bonds is 6. The quantitative estimate of drug-likeness (QED) is 0.767. The highest BCUT2D eigenvalue weighted by Crippen LogP contribution is 2.21. The van der Waals surface area contributed by atoms with E-state index in [0.29, 0.717) is 5.56 Å². The number of hydrogen-bond acceptors (Lipinski definition) is 3. The van der Waals surface area contributed by atoms with Crippen molar-refractivity contribution in [1.29, 1.82) is 0 Å². The molecule has 5 heteroatoms. The maximum absolute atomic E-state index is 11.3. The molecule has 3 N–H and O–H groups in total. The van der Waals surface area contributed by atoms with Crippen LogP contribution in [0.1, 0.15) is 31.7 Å². The van der Waals surface area contributed by atoms with Gasteiger partial charge in [-0.15, -0.1) is 0 Å². The molecule has 4 nitrogen and oxygen atoms in total. The third-order valence-electron chi connectivity index (χ3n) is 2.69. The number of nitrogens with two attached hydrogens (primary N) is 1. The Labute approximate surface area is 103 Å². The second kappa shape index (κ2) is 6.02.